The molecule has 4 nitrogen and oxygen atoms in total. The molecule has 0 aromatic rings. The van der Waals surface area contributed by atoms with Crippen molar-refractivity contribution in [3.05, 3.63) is 0 Å². The predicted molar refractivity (Wildman–Crippen MR) is 73.9 cm³/mol. The summed E-state index contributed by atoms with van der Waals surface area (Å²) in [6.45, 7) is 4.39. The third kappa shape index (κ3) is 4.18. The summed E-state index contributed by atoms with van der Waals surface area (Å²) in [6, 6.07) is 1.17. The molecule has 3 aliphatic rings. The van der Waals surface area contributed by atoms with Gasteiger partial charge in [-0.1, -0.05) is 0 Å². The first kappa shape index (κ1) is 13.4. The van der Waals surface area contributed by atoms with E-state index in [0.717, 1.165) is 18.5 Å². The van der Waals surface area contributed by atoms with Crippen LogP contribution in [0.3, 0.4) is 0 Å². The minimum atomic E-state index is -0.119. The number of ether oxygens (including phenoxy) is 1. The molecule has 0 aromatic carbocycles. The second kappa shape index (κ2) is 5.80. The summed E-state index contributed by atoms with van der Waals surface area (Å²) in [5.74, 6) is 0.834. The fraction of sp³-hybridized carbons (Fsp3) is 0.933. The number of nitrogens with zero attached hydrogens (tertiary/aromatic N) is 1. The number of rotatable bonds is 9. The molecule has 108 valence electrons. The summed E-state index contributed by atoms with van der Waals surface area (Å²) in [4.78, 5) is 14.6. The van der Waals surface area contributed by atoms with Gasteiger partial charge in [0.05, 0.1) is 6.61 Å². The molecule has 0 bridgehead atoms. The highest BCUT2D eigenvalue weighted by Crippen LogP contribution is 2.35. The predicted octanol–water partition coefficient (Wildman–Crippen LogP) is 1.54. The van der Waals surface area contributed by atoms with E-state index in [1.807, 2.05) is 6.92 Å². The maximum absolute atomic E-state index is 12.1. The summed E-state index contributed by atoms with van der Waals surface area (Å²) in [6.07, 6.45) is 7.80. The molecular weight excluding hydrogens is 240 g/mol. The fourth-order valence-electron chi connectivity index (χ4n) is 2.65. The van der Waals surface area contributed by atoms with Crippen LogP contribution < -0.4 is 5.32 Å². The molecular formula is C15H26N2O2. The smallest absolute Gasteiger partial charge is 0.324 e. The van der Waals surface area contributed by atoms with Crippen molar-refractivity contribution < 1.29 is 9.53 Å². The molecule has 0 heterocycles. The zero-order valence-electron chi connectivity index (χ0n) is 11.9. The zero-order valence-corrected chi connectivity index (χ0v) is 11.9. The van der Waals surface area contributed by atoms with Crippen molar-refractivity contribution in [2.24, 2.45) is 5.92 Å². The molecule has 1 N–H and O–H groups in total. The molecule has 3 aliphatic carbocycles. The van der Waals surface area contributed by atoms with Crippen molar-refractivity contribution >= 4 is 5.97 Å². The van der Waals surface area contributed by atoms with E-state index >= 15 is 0 Å². The molecule has 4 heteroatoms. The van der Waals surface area contributed by atoms with Gasteiger partial charge in [-0.3, -0.25) is 9.69 Å². The van der Waals surface area contributed by atoms with Crippen LogP contribution in [0, 0.1) is 5.92 Å². The van der Waals surface area contributed by atoms with Crippen LogP contribution in [-0.4, -0.2) is 48.7 Å². The van der Waals surface area contributed by atoms with Gasteiger partial charge in [-0.2, -0.15) is 0 Å². The third-order valence-corrected chi connectivity index (χ3v) is 4.26. The summed E-state index contributed by atoms with van der Waals surface area (Å²) in [7, 11) is 0. The number of carbonyl (C=O) groups is 1. The van der Waals surface area contributed by atoms with E-state index in [4.69, 9.17) is 4.74 Å². The van der Waals surface area contributed by atoms with Crippen molar-refractivity contribution in [1.82, 2.24) is 10.2 Å². The van der Waals surface area contributed by atoms with Crippen LogP contribution in [0.1, 0.15) is 45.4 Å². The van der Waals surface area contributed by atoms with Gasteiger partial charge < -0.3 is 10.1 Å². The van der Waals surface area contributed by atoms with Gasteiger partial charge in [0.2, 0.25) is 0 Å². The number of nitrogens with one attached hydrogen (secondary N) is 1. The van der Waals surface area contributed by atoms with E-state index < -0.39 is 0 Å². The quantitative estimate of drug-likeness (QED) is 0.643. The molecule has 0 spiro atoms. The first-order valence-electron chi connectivity index (χ1n) is 7.93. The summed E-state index contributed by atoms with van der Waals surface area (Å²) in [5, 5.41) is 3.47. The molecule has 3 fully saturated rings. The second-order valence-corrected chi connectivity index (χ2v) is 6.37. The molecule has 0 amide bonds. The van der Waals surface area contributed by atoms with Crippen LogP contribution in [-0.2, 0) is 9.53 Å². The van der Waals surface area contributed by atoms with E-state index in [1.165, 1.54) is 45.1 Å². The minimum Gasteiger partial charge on any atom is -0.465 e. The first-order valence-corrected chi connectivity index (χ1v) is 7.93. The van der Waals surface area contributed by atoms with Gasteiger partial charge in [0, 0.05) is 25.2 Å². The van der Waals surface area contributed by atoms with E-state index in [-0.39, 0.29) is 12.0 Å². The van der Waals surface area contributed by atoms with Gasteiger partial charge in [-0.05, 0) is 51.4 Å². The van der Waals surface area contributed by atoms with Crippen LogP contribution in [0.15, 0.2) is 0 Å². The Labute approximate surface area is 115 Å². The Hall–Kier alpha value is -0.610. The lowest BCUT2D eigenvalue weighted by Crippen LogP contribution is -2.49. The Morgan fingerprint density at radius 2 is 2.00 bits per heavy atom. The highest BCUT2D eigenvalue weighted by molar-refractivity contribution is 5.76. The Balaban J connectivity index is 1.54. The van der Waals surface area contributed by atoms with E-state index in [0.29, 0.717) is 12.6 Å². The van der Waals surface area contributed by atoms with Gasteiger partial charge in [0.1, 0.15) is 6.04 Å². The number of carbonyl (C=O) groups excluding carboxylic acids is 1. The highest BCUT2D eigenvalue weighted by Gasteiger charge is 2.37. The summed E-state index contributed by atoms with van der Waals surface area (Å²) < 4.78 is 5.23. The van der Waals surface area contributed by atoms with Crippen LogP contribution >= 0.6 is 0 Å². The Morgan fingerprint density at radius 1 is 1.26 bits per heavy atom. The lowest BCUT2D eigenvalue weighted by atomic mass is 10.2. The second-order valence-electron chi connectivity index (χ2n) is 6.37. The molecule has 0 aliphatic heterocycles. The van der Waals surface area contributed by atoms with Gasteiger partial charge in [-0.25, -0.2) is 0 Å². The first-order chi connectivity index (χ1) is 9.26. The van der Waals surface area contributed by atoms with E-state index in [1.54, 1.807) is 0 Å². The average molecular weight is 266 g/mol. The lowest BCUT2D eigenvalue weighted by molar-refractivity contribution is -0.146. The topological polar surface area (TPSA) is 41.6 Å². The lowest BCUT2D eigenvalue weighted by Gasteiger charge is -2.27. The standard InChI is InChI=1S/C15H26N2O2/c1-2-19-15(18)14(16-12-5-6-12)10-17(13-7-8-13)9-11-3-4-11/h11-14,16H,2-10H2,1H3. The molecule has 0 radical (unpaired) electrons. The van der Waals surface area contributed by atoms with Crippen LogP contribution in [0.4, 0.5) is 0 Å². The van der Waals surface area contributed by atoms with Gasteiger partial charge in [0.15, 0.2) is 0 Å². The fourth-order valence-corrected chi connectivity index (χ4v) is 2.65. The van der Waals surface area contributed by atoms with Crippen molar-refractivity contribution in [3.63, 3.8) is 0 Å². The summed E-state index contributed by atoms with van der Waals surface area (Å²) >= 11 is 0. The van der Waals surface area contributed by atoms with Crippen molar-refractivity contribution in [2.75, 3.05) is 19.7 Å². The Morgan fingerprint density at radius 3 is 2.53 bits per heavy atom. The minimum absolute atomic E-state index is 0.0594. The summed E-state index contributed by atoms with van der Waals surface area (Å²) in [5.41, 5.74) is 0. The largest absolute Gasteiger partial charge is 0.465 e. The van der Waals surface area contributed by atoms with Crippen LogP contribution in [0.5, 0.6) is 0 Å². The van der Waals surface area contributed by atoms with Crippen LogP contribution in [0.2, 0.25) is 0 Å². The number of hydrogen-bond acceptors (Lipinski definition) is 4. The molecule has 19 heavy (non-hydrogen) atoms. The SMILES string of the molecule is CCOC(=O)C(CN(CC1CC1)C1CC1)NC1CC1. The highest BCUT2D eigenvalue weighted by atomic mass is 16.5. The average Bonchev–Trinajstić information content (AvgIpc) is 3.25. The molecule has 1 atom stereocenters. The molecule has 0 aromatic heterocycles. The normalized spacial score (nSPS) is 24.5. The third-order valence-electron chi connectivity index (χ3n) is 4.26. The van der Waals surface area contributed by atoms with E-state index in [9.17, 15) is 4.79 Å². The van der Waals surface area contributed by atoms with Crippen molar-refractivity contribution in [3.8, 4) is 0 Å². The van der Waals surface area contributed by atoms with Crippen molar-refractivity contribution in [1.29, 1.82) is 0 Å². The Bertz CT molecular complexity index is 322. The Kier molecular flexibility index (Phi) is 4.08. The van der Waals surface area contributed by atoms with Crippen LogP contribution in [0.25, 0.3) is 0 Å². The van der Waals surface area contributed by atoms with Gasteiger partial charge >= 0.3 is 5.97 Å². The number of esters is 1. The zero-order chi connectivity index (χ0) is 13.2. The van der Waals surface area contributed by atoms with Crippen molar-refractivity contribution in [2.45, 2.75) is 63.6 Å². The molecule has 0 saturated heterocycles. The van der Waals surface area contributed by atoms with Gasteiger partial charge in [0.25, 0.3) is 0 Å². The maximum Gasteiger partial charge on any atom is 0.324 e. The molecule has 1 unspecified atom stereocenters. The number of hydrogen-bond donors (Lipinski definition) is 1. The van der Waals surface area contributed by atoms with Gasteiger partial charge in [-0.15, -0.1) is 0 Å². The monoisotopic (exact) mass is 266 g/mol. The van der Waals surface area contributed by atoms with E-state index in [2.05, 4.69) is 10.2 Å². The molecule has 3 saturated carbocycles. The maximum atomic E-state index is 12.1. The molecule has 3 rings (SSSR count).